The molecule has 0 saturated heterocycles. The Morgan fingerprint density at radius 1 is 0.867 bits per heavy atom. The first kappa shape index (κ1) is 19.4. The SMILES string of the molecule is O=C(O)Cc1ccccc1CNc1cccc(/C=C/c2ccc3ccccc3n2)c1. The van der Waals surface area contributed by atoms with Gasteiger partial charge in [-0.25, -0.2) is 4.98 Å². The van der Waals surface area contributed by atoms with E-state index in [1.165, 1.54) is 0 Å². The molecule has 1 heterocycles. The number of aliphatic carboxylic acids is 1. The number of carbonyl (C=O) groups is 1. The van der Waals surface area contributed by atoms with E-state index in [9.17, 15) is 4.79 Å². The fraction of sp³-hybridized carbons (Fsp3) is 0.0769. The highest BCUT2D eigenvalue weighted by Crippen LogP contribution is 2.18. The summed E-state index contributed by atoms with van der Waals surface area (Å²) in [6, 6.07) is 27.9. The number of fused-ring (bicyclic) bond motifs is 1. The van der Waals surface area contributed by atoms with Crippen LogP contribution in [0.2, 0.25) is 0 Å². The van der Waals surface area contributed by atoms with Crippen LogP contribution in [-0.4, -0.2) is 16.1 Å². The molecule has 0 bridgehead atoms. The third-order valence-electron chi connectivity index (χ3n) is 4.90. The van der Waals surface area contributed by atoms with E-state index < -0.39 is 5.97 Å². The zero-order valence-corrected chi connectivity index (χ0v) is 16.5. The number of carboxylic acid groups (broad SMARTS) is 1. The Kier molecular flexibility index (Phi) is 5.85. The third-order valence-corrected chi connectivity index (χ3v) is 4.90. The Morgan fingerprint density at radius 3 is 2.53 bits per heavy atom. The predicted octanol–water partition coefficient (Wildman–Crippen LogP) is 5.64. The highest BCUT2D eigenvalue weighted by Gasteiger charge is 2.06. The highest BCUT2D eigenvalue weighted by atomic mass is 16.4. The molecule has 2 N–H and O–H groups in total. The third kappa shape index (κ3) is 4.92. The molecule has 4 heteroatoms. The largest absolute Gasteiger partial charge is 0.481 e. The summed E-state index contributed by atoms with van der Waals surface area (Å²) in [5.41, 5.74) is 5.75. The van der Waals surface area contributed by atoms with Gasteiger partial charge in [-0.15, -0.1) is 0 Å². The lowest BCUT2D eigenvalue weighted by Gasteiger charge is -2.11. The smallest absolute Gasteiger partial charge is 0.307 e. The second-order valence-corrected chi connectivity index (χ2v) is 7.08. The standard InChI is InChI=1S/C26H22N2O2/c29-26(30)17-21-8-1-2-9-22(21)18-27-24-10-5-6-19(16-24)12-14-23-15-13-20-7-3-4-11-25(20)28-23/h1-16,27H,17-18H2,(H,29,30)/b14-12+. The van der Waals surface area contributed by atoms with E-state index in [1.54, 1.807) is 0 Å². The molecule has 0 amide bonds. The summed E-state index contributed by atoms with van der Waals surface area (Å²) in [7, 11) is 0. The van der Waals surface area contributed by atoms with Crippen molar-refractivity contribution in [1.29, 1.82) is 0 Å². The maximum atomic E-state index is 11.1. The van der Waals surface area contributed by atoms with E-state index in [0.717, 1.165) is 39.0 Å². The summed E-state index contributed by atoms with van der Waals surface area (Å²) in [5.74, 6) is -0.822. The molecular weight excluding hydrogens is 372 g/mol. The maximum absolute atomic E-state index is 11.1. The monoisotopic (exact) mass is 394 g/mol. The Balaban J connectivity index is 1.46. The van der Waals surface area contributed by atoms with Crippen molar-refractivity contribution in [1.82, 2.24) is 4.98 Å². The summed E-state index contributed by atoms with van der Waals surface area (Å²) in [6.07, 6.45) is 4.08. The topological polar surface area (TPSA) is 62.2 Å². The van der Waals surface area contributed by atoms with Crippen LogP contribution in [0.3, 0.4) is 0 Å². The minimum atomic E-state index is -0.822. The van der Waals surface area contributed by atoms with Crippen molar-refractivity contribution in [2.24, 2.45) is 0 Å². The molecule has 3 aromatic carbocycles. The molecule has 0 atom stereocenters. The van der Waals surface area contributed by atoms with Crippen LogP contribution in [0.15, 0.2) is 84.9 Å². The van der Waals surface area contributed by atoms with Crippen molar-refractivity contribution in [2.75, 3.05) is 5.32 Å². The summed E-state index contributed by atoms with van der Waals surface area (Å²) >= 11 is 0. The number of para-hydroxylation sites is 1. The Bertz CT molecular complexity index is 1210. The van der Waals surface area contributed by atoms with Gasteiger partial charge in [-0.05, 0) is 47.0 Å². The molecule has 0 spiro atoms. The van der Waals surface area contributed by atoms with Gasteiger partial charge in [0, 0.05) is 17.6 Å². The highest BCUT2D eigenvalue weighted by molar-refractivity contribution is 5.81. The van der Waals surface area contributed by atoms with Gasteiger partial charge in [-0.2, -0.15) is 0 Å². The van der Waals surface area contributed by atoms with Gasteiger partial charge in [-0.1, -0.05) is 66.7 Å². The Morgan fingerprint density at radius 2 is 1.67 bits per heavy atom. The number of pyridine rings is 1. The van der Waals surface area contributed by atoms with Gasteiger partial charge < -0.3 is 10.4 Å². The number of hydrogen-bond donors (Lipinski definition) is 2. The van der Waals surface area contributed by atoms with Crippen LogP contribution in [0.25, 0.3) is 23.1 Å². The molecule has 0 aliphatic rings. The predicted molar refractivity (Wildman–Crippen MR) is 122 cm³/mol. The molecule has 1 aromatic heterocycles. The normalized spacial score (nSPS) is 11.1. The maximum Gasteiger partial charge on any atom is 0.307 e. The van der Waals surface area contributed by atoms with Crippen molar-refractivity contribution in [3.63, 3.8) is 0 Å². The number of carboxylic acids is 1. The van der Waals surface area contributed by atoms with E-state index in [1.807, 2.05) is 78.9 Å². The fourth-order valence-electron chi connectivity index (χ4n) is 3.37. The van der Waals surface area contributed by atoms with Crippen LogP contribution >= 0.6 is 0 Å². The van der Waals surface area contributed by atoms with Crippen LogP contribution in [0.5, 0.6) is 0 Å². The van der Waals surface area contributed by atoms with Crippen LogP contribution in [-0.2, 0) is 17.8 Å². The minimum Gasteiger partial charge on any atom is -0.481 e. The Hall–Kier alpha value is -3.92. The van der Waals surface area contributed by atoms with Crippen LogP contribution in [0.1, 0.15) is 22.4 Å². The number of aromatic nitrogens is 1. The lowest BCUT2D eigenvalue weighted by molar-refractivity contribution is -0.136. The van der Waals surface area contributed by atoms with Crippen molar-refractivity contribution < 1.29 is 9.90 Å². The number of nitrogens with zero attached hydrogens (tertiary/aromatic N) is 1. The van der Waals surface area contributed by atoms with Crippen molar-refractivity contribution in [3.8, 4) is 0 Å². The number of rotatable bonds is 7. The second kappa shape index (κ2) is 9.05. The average Bonchev–Trinajstić information content (AvgIpc) is 2.77. The van der Waals surface area contributed by atoms with E-state index in [0.29, 0.717) is 6.54 Å². The summed E-state index contributed by atoms with van der Waals surface area (Å²) in [4.78, 5) is 15.7. The van der Waals surface area contributed by atoms with Crippen molar-refractivity contribution in [3.05, 3.63) is 107 Å². The molecule has 0 aliphatic heterocycles. The summed E-state index contributed by atoms with van der Waals surface area (Å²) in [5, 5.41) is 13.6. The first-order valence-corrected chi connectivity index (χ1v) is 9.84. The average molecular weight is 394 g/mol. The van der Waals surface area contributed by atoms with Gasteiger partial charge in [0.15, 0.2) is 0 Å². The number of benzene rings is 3. The van der Waals surface area contributed by atoms with Crippen molar-refractivity contribution >= 4 is 34.7 Å². The molecule has 148 valence electrons. The van der Waals surface area contributed by atoms with Crippen LogP contribution in [0, 0.1) is 0 Å². The molecule has 4 nitrogen and oxygen atoms in total. The van der Waals surface area contributed by atoms with Gasteiger partial charge in [-0.3, -0.25) is 4.79 Å². The van der Waals surface area contributed by atoms with Crippen LogP contribution in [0.4, 0.5) is 5.69 Å². The molecule has 0 aliphatic carbocycles. The first-order chi connectivity index (χ1) is 14.7. The molecule has 30 heavy (non-hydrogen) atoms. The van der Waals surface area contributed by atoms with E-state index in [4.69, 9.17) is 5.11 Å². The molecule has 0 radical (unpaired) electrons. The van der Waals surface area contributed by atoms with Gasteiger partial charge in [0.25, 0.3) is 0 Å². The van der Waals surface area contributed by atoms with Crippen LogP contribution < -0.4 is 5.32 Å². The lowest BCUT2D eigenvalue weighted by Crippen LogP contribution is -2.07. The quantitative estimate of drug-likeness (QED) is 0.425. The van der Waals surface area contributed by atoms with E-state index in [-0.39, 0.29) is 6.42 Å². The number of nitrogens with one attached hydrogen (secondary N) is 1. The van der Waals surface area contributed by atoms with Gasteiger partial charge in [0.1, 0.15) is 0 Å². The van der Waals surface area contributed by atoms with Gasteiger partial charge in [0.2, 0.25) is 0 Å². The molecule has 0 unspecified atom stereocenters. The lowest BCUT2D eigenvalue weighted by atomic mass is 10.0. The first-order valence-electron chi connectivity index (χ1n) is 9.84. The number of anilines is 1. The molecule has 0 fully saturated rings. The molecular formula is C26H22N2O2. The zero-order chi connectivity index (χ0) is 20.8. The zero-order valence-electron chi connectivity index (χ0n) is 16.5. The van der Waals surface area contributed by atoms with Gasteiger partial charge >= 0.3 is 5.97 Å². The number of hydrogen-bond acceptors (Lipinski definition) is 3. The minimum absolute atomic E-state index is 0.0272. The molecule has 4 rings (SSSR count). The molecule has 4 aromatic rings. The fourth-order valence-corrected chi connectivity index (χ4v) is 3.37. The molecule has 0 saturated carbocycles. The second-order valence-electron chi connectivity index (χ2n) is 7.08. The van der Waals surface area contributed by atoms with E-state index >= 15 is 0 Å². The van der Waals surface area contributed by atoms with Gasteiger partial charge in [0.05, 0.1) is 17.6 Å². The van der Waals surface area contributed by atoms with E-state index in [2.05, 4.69) is 28.5 Å². The summed E-state index contributed by atoms with van der Waals surface area (Å²) < 4.78 is 0. The van der Waals surface area contributed by atoms with Crippen molar-refractivity contribution in [2.45, 2.75) is 13.0 Å². The Labute approximate surface area is 175 Å². The summed E-state index contributed by atoms with van der Waals surface area (Å²) in [6.45, 7) is 0.572.